The summed E-state index contributed by atoms with van der Waals surface area (Å²) in [5.41, 5.74) is 2.25. The number of aliphatic hydroxyl groups is 1. The number of hydrogen-bond donors (Lipinski definition) is 2. The highest BCUT2D eigenvalue weighted by Gasteiger charge is 2.25. The largest absolute Gasteiger partial charge is 0.396 e. The summed E-state index contributed by atoms with van der Waals surface area (Å²) in [7, 11) is 1.62. The number of carbonyl (C=O) groups excluding carboxylic acids is 2. The minimum atomic E-state index is -0.391. The number of imidazole rings is 1. The van der Waals surface area contributed by atoms with Gasteiger partial charge in [-0.15, -0.1) is 0 Å². The molecule has 0 atom stereocenters. The normalized spacial score (nSPS) is 14.1. The predicted octanol–water partition coefficient (Wildman–Crippen LogP) is 2.83. The van der Waals surface area contributed by atoms with Gasteiger partial charge in [-0.2, -0.15) is 5.26 Å². The number of aliphatic hydroxyl groups excluding tert-OH is 1. The topological polar surface area (TPSA) is 133 Å². The molecule has 1 fully saturated rings. The Morgan fingerprint density at radius 2 is 2.06 bits per heavy atom. The van der Waals surface area contributed by atoms with Crippen molar-refractivity contribution in [3.8, 4) is 6.07 Å². The zero-order chi connectivity index (χ0) is 25.5. The molecule has 10 nitrogen and oxygen atoms in total. The van der Waals surface area contributed by atoms with Crippen molar-refractivity contribution < 1.29 is 19.4 Å². The molecule has 0 spiro atoms. The van der Waals surface area contributed by atoms with E-state index in [1.54, 1.807) is 42.1 Å². The number of nitrogens with one attached hydrogen (secondary N) is 1. The number of carbonyl (C=O) groups is 2. The fourth-order valence-corrected chi connectivity index (χ4v) is 4.50. The minimum Gasteiger partial charge on any atom is -0.396 e. The second-order valence-electron chi connectivity index (χ2n) is 8.89. The van der Waals surface area contributed by atoms with Gasteiger partial charge >= 0.3 is 0 Å². The van der Waals surface area contributed by atoms with E-state index in [1.807, 2.05) is 11.0 Å². The van der Waals surface area contributed by atoms with Gasteiger partial charge < -0.3 is 14.7 Å². The van der Waals surface area contributed by atoms with Gasteiger partial charge in [0, 0.05) is 51.7 Å². The smallest absolute Gasteiger partial charge is 0.258 e. The lowest BCUT2D eigenvalue weighted by molar-refractivity contribution is 0.0677. The molecule has 0 aliphatic carbocycles. The first-order valence-electron chi connectivity index (χ1n) is 12.1. The third-order valence-corrected chi connectivity index (χ3v) is 6.48. The number of aryl methyl sites for hydroxylation is 1. The first-order valence-corrected chi connectivity index (χ1v) is 12.1. The van der Waals surface area contributed by atoms with Crippen molar-refractivity contribution in [3.63, 3.8) is 0 Å². The maximum Gasteiger partial charge on any atom is 0.258 e. The summed E-state index contributed by atoms with van der Waals surface area (Å²) in [6, 6.07) is 10.2. The molecule has 0 radical (unpaired) electrons. The fraction of sp³-hybridized carbons (Fsp3) is 0.423. The van der Waals surface area contributed by atoms with Crippen molar-refractivity contribution in [1.82, 2.24) is 19.4 Å². The van der Waals surface area contributed by atoms with Crippen molar-refractivity contribution in [3.05, 3.63) is 53.2 Å². The van der Waals surface area contributed by atoms with Crippen LogP contribution in [0.25, 0.3) is 11.2 Å². The van der Waals surface area contributed by atoms with Crippen molar-refractivity contribution >= 4 is 28.9 Å². The number of anilines is 1. The molecule has 4 rings (SSSR count). The number of fused-ring (bicyclic) bond motifs is 1. The van der Waals surface area contributed by atoms with E-state index in [1.165, 1.54) is 6.07 Å². The second-order valence-corrected chi connectivity index (χ2v) is 8.89. The summed E-state index contributed by atoms with van der Waals surface area (Å²) < 4.78 is 6.97. The van der Waals surface area contributed by atoms with E-state index in [4.69, 9.17) is 15.1 Å². The maximum absolute atomic E-state index is 13.1. The third kappa shape index (κ3) is 5.70. The molecule has 2 aromatic heterocycles. The van der Waals surface area contributed by atoms with Crippen LogP contribution in [0.4, 0.5) is 5.95 Å². The van der Waals surface area contributed by atoms with Crippen LogP contribution in [0, 0.1) is 17.2 Å². The number of hydrogen-bond acceptors (Lipinski definition) is 7. The number of aromatic nitrogens is 3. The number of pyridine rings is 1. The van der Waals surface area contributed by atoms with E-state index in [0.29, 0.717) is 72.4 Å². The number of amides is 2. The highest BCUT2D eigenvalue weighted by Crippen LogP contribution is 2.24. The zero-order valence-corrected chi connectivity index (χ0v) is 20.3. The predicted molar refractivity (Wildman–Crippen MR) is 133 cm³/mol. The van der Waals surface area contributed by atoms with Gasteiger partial charge in [0.15, 0.2) is 5.65 Å². The molecule has 188 valence electrons. The van der Waals surface area contributed by atoms with Gasteiger partial charge in [0.1, 0.15) is 5.52 Å². The van der Waals surface area contributed by atoms with Crippen LogP contribution in [0.2, 0.25) is 0 Å². The Morgan fingerprint density at radius 1 is 1.25 bits per heavy atom. The average Bonchev–Trinajstić information content (AvgIpc) is 3.25. The third-order valence-electron chi connectivity index (χ3n) is 6.48. The van der Waals surface area contributed by atoms with Gasteiger partial charge in [0.25, 0.3) is 11.8 Å². The van der Waals surface area contributed by atoms with Crippen LogP contribution in [0.1, 0.15) is 52.0 Å². The number of ether oxygens (including phenoxy) is 1. The number of likely N-dealkylation sites (tertiary alicyclic amines) is 1. The monoisotopic (exact) mass is 490 g/mol. The molecule has 0 saturated carbocycles. The van der Waals surface area contributed by atoms with Crippen molar-refractivity contribution in [2.75, 3.05) is 38.7 Å². The molecule has 10 heteroatoms. The lowest BCUT2D eigenvalue weighted by Crippen LogP contribution is -2.38. The number of nitrogens with zero attached hydrogens (tertiary/aromatic N) is 5. The van der Waals surface area contributed by atoms with Crippen LogP contribution < -0.4 is 5.32 Å². The number of methoxy groups -OCH3 is 1. The standard InChI is InChI=1S/C26H30N6O4/c1-36-13-3-9-32-23-22(29-26(32)30-24(34)20-5-2-4-19(14-20)16-27)15-21(17-28-23)25(35)31-10-6-18(7-11-31)8-12-33/h2,4-5,14-15,17-18,33H,3,6-13H2,1H3,(H,29,30,34). The molecule has 1 aliphatic rings. The van der Waals surface area contributed by atoms with Gasteiger partial charge in [-0.05, 0) is 55.9 Å². The van der Waals surface area contributed by atoms with Crippen LogP contribution in [-0.2, 0) is 11.3 Å². The molecule has 2 N–H and O–H groups in total. The van der Waals surface area contributed by atoms with E-state index >= 15 is 0 Å². The molecule has 36 heavy (non-hydrogen) atoms. The summed E-state index contributed by atoms with van der Waals surface area (Å²) in [5, 5.41) is 21.1. The van der Waals surface area contributed by atoms with Gasteiger partial charge in [0.05, 0.1) is 17.2 Å². The minimum absolute atomic E-state index is 0.0975. The average molecular weight is 491 g/mol. The molecule has 0 unspecified atom stereocenters. The van der Waals surface area contributed by atoms with Crippen LogP contribution in [0.5, 0.6) is 0 Å². The fourth-order valence-electron chi connectivity index (χ4n) is 4.50. The van der Waals surface area contributed by atoms with Gasteiger partial charge in [-0.25, -0.2) is 9.97 Å². The van der Waals surface area contributed by atoms with Crippen molar-refractivity contribution in [2.45, 2.75) is 32.2 Å². The Morgan fingerprint density at radius 3 is 2.78 bits per heavy atom. The molecule has 3 heterocycles. The summed E-state index contributed by atoms with van der Waals surface area (Å²) >= 11 is 0. The molecular formula is C26H30N6O4. The first kappa shape index (κ1) is 25.3. The number of piperidine rings is 1. The van der Waals surface area contributed by atoms with Gasteiger partial charge in [-0.1, -0.05) is 6.07 Å². The summed E-state index contributed by atoms with van der Waals surface area (Å²) in [6.07, 6.45) is 4.75. The van der Waals surface area contributed by atoms with Crippen LogP contribution in [0.3, 0.4) is 0 Å². The van der Waals surface area contributed by atoms with Gasteiger partial charge in [0.2, 0.25) is 5.95 Å². The van der Waals surface area contributed by atoms with E-state index in [-0.39, 0.29) is 12.5 Å². The zero-order valence-electron chi connectivity index (χ0n) is 20.3. The molecule has 2 amide bonds. The van der Waals surface area contributed by atoms with E-state index < -0.39 is 5.91 Å². The molecule has 3 aromatic rings. The van der Waals surface area contributed by atoms with Crippen molar-refractivity contribution in [1.29, 1.82) is 5.26 Å². The van der Waals surface area contributed by atoms with E-state index in [0.717, 1.165) is 19.3 Å². The lowest BCUT2D eigenvalue weighted by Gasteiger charge is -2.31. The Labute approximate surface area is 209 Å². The first-order chi connectivity index (χ1) is 17.5. The number of nitriles is 1. The maximum atomic E-state index is 13.1. The Hall–Kier alpha value is -3.81. The quantitative estimate of drug-likeness (QED) is 0.441. The number of rotatable bonds is 9. The second kappa shape index (κ2) is 11.7. The summed E-state index contributed by atoms with van der Waals surface area (Å²) in [5.74, 6) is 0.273. The Bertz CT molecular complexity index is 1270. The molecule has 1 aromatic carbocycles. The molecule has 0 bridgehead atoms. The summed E-state index contributed by atoms with van der Waals surface area (Å²) in [6.45, 7) is 2.51. The Balaban J connectivity index is 1.58. The highest BCUT2D eigenvalue weighted by molar-refractivity contribution is 6.04. The van der Waals surface area contributed by atoms with Crippen LogP contribution in [0.15, 0.2) is 36.5 Å². The van der Waals surface area contributed by atoms with E-state index in [9.17, 15) is 9.59 Å². The lowest BCUT2D eigenvalue weighted by atomic mass is 9.93. The van der Waals surface area contributed by atoms with Crippen molar-refractivity contribution in [2.24, 2.45) is 5.92 Å². The van der Waals surface area contributed by atoms with Crippen LogP contribution in [-0.4, -0.2) is 69.8 Å². The summed E-state index contributed by atoms with van der Waals surface area (Å²) in [4.78, 5) is 37.0. The highest BCUT2D eigenvalue weighted by atomic mass is 16.5. The molecule has 1 saturated heterocycles. The van der Waals surface area contributed by atoms with Crippen LogP contribution >= 0.6 is 0 Å². The molecular weight excluding hydrogens is 460 g/mol. The number of benzene rings is 1. The SMILES string of the molecule is COCCCn1c(NC(=O)c2cccc(C#N)c2)nc2cc(C(=O)N3CCC(CCO)CC3)cnc21. The molecule has 1 aliphatic heterocycles. The Kier molecular flexibility index (Phi) is 8.25. The van der Waals surface area contributed by atoms with E-state index in [2.05, 4.69) is 15.3 Å². The van der Waals surface area contributed by atoms with Gasteiger partial charge in [-0.3, -0.25) is 19.5 Å².